The number of nitrogens with zero attached hydrogens (tertiary/aromatic N) is 4. The largest absolute Gasteiger partial charge is 0.396 e. The Hall–Kier alpha value is -1.82. The van der Waals surface area contributed by atoms with Gasteiger partial charge in [-0.05, 0) is 25.7 Å². The minimum atomic E-state index is 0.203. The Morgan fingerprint density at radius 2 is 2.32 bits per heavy atom. The Morgan fingerprint density at radius 3 is 3.16 bits per heavy atom. The second-order valence-electron chi connectivity index (χ2n) is 5.00. The quantitative estimate of drug-likeness (QED) is 0.863. The van der Waals surface area contributed by atoms with Crippen LogP contribution in [0.1, 0.15) is 25.7 Å². The molecule has 1 unspecified atom stereocenters. The monoisotopic (exact) mass is 261 g/mol. The summed E-state index contributed by atoms with van der Waals surface area (Å²) in [4.78, 5) is 11.1. The van der Waals surface area contributed by atoms with E-state index in [0.717, 1.165) is 37.3 Å². The van der Waals surface area contributed by atoms with E-state index in [0.29, 0.717) is 11.9 Å². The minimum Gasteiger partial charge on any atom is -0.396 e. The van der Waals surface area contributed by atoms with Gasteiger partial charge in [-0.25, -0.2) is 9.97 Å². The topological polar surface area (TPSA) is 79.7 Å². The van der Waals surface area contributed by atoms with Gasteiger partial charge in [-0.15, -0.1) is 0 Å². The normalized spacial score (nSPS) is 20.1. The fourth-order valence-corrected chi connectivity index (χ4v) is 2.86. The van der Waals surface area contributed by atoms with Gasteiger partial charge in [-0.3, -0.25) is 0 Å². The van der Waals surface area contributed by atoms with Crippen molar-refractivity contribution < 1.29 is 5.11 Å². The summed E-state index contributed by atoms with van der Waals surface area (Å²) in [5.41, 5.74) is 6.71. The van der Waals surface area contributed by atoms with Crippen LogP contribution in [0.5, 0.6) is 0 Å². The summed E-state index contributed by atoms with van der Waals surface area (Å²) < 4.78 is 1.91. The molecular formula is C13H19N5O. The number of aliphatic hydroxyl groups excluding tert-OH is 1. The first kappa shape index (κ1) is 12.2. The number of nitrogen functional groups attached to an aromatic ring is 1. The van der Waals surface area contributed by atoms with Crippen LogP contribution in [0.2, 0.25) is 0 Å². The molecule has 1 fully saturated rings. The molecule has 3 heterocycles. The van der Waals surface area contributed by atoms with Crippen LogP contribution in [-0.4, -0.2) is 38.7 Å². The zero-order chi connectivity index (χ0) is 13.2. The van der Waals surface area contributed by atoms with E-state index < -0.39 is 0 Å². The van der Waals surface area contributed by atoms with E-state index in [9.17, 15) is 5.11 Å². The highest BCUT2D eigenvalue weighted by atomic mass is 16.3. The maximum absolute atomic E-state index is 9.22. The third-order valence-corrected chi connectivity index (χ3v) is 3.74. The van der Waals surface area contributed by atoms with Crippen molar-refractivity contribution in [3.63, 3.8) is 0 Å². The summed E-state index contributed by atoms with van der Waals surface area (Å²) >= 11 is 0. The van der Waals surface area contributed by atoms with Crippen molar-refractivity contribution in [1.82, 2.24) is 14.4 Å². The standard InChI is InChI=1S/C13H19N5O/c14-11-9-17-7-5-15-12(17)13(16-11)18-6-2-1-3-10(18)4-8-19/h5,7,9-10,19H,1-4,6,8,14H2. The summed E-state index contributed by atoms with van der Waals surface area (Å²) in [6, 6.07) is 0.327. The van der Waals surface area contributed by atoms with Gasteiger partial charge in [-0.1, -0.05) is 0 Å². The first-order valence-electron chi connectivity index (χ1n) is 6.76. The van der Waals surface area contributed by atoms with Crippen molar-refractivity contribution in [2.24, 2.45) is 0 Å². The molecule has 19 heavy (non-hydrogen) atoms. The molecule has 102 valence electrons. The number of nitrogens with two attached hydrogens (primary N) is 1. The number of aliphatic hydroxyl groups is 1. The number of hydrogen-bond donors (Lipinski definition) is 2. The molecule has 1 aliphatic heterocycles. The van der Waals surface area contributed by atoms with Crippen molar-refractivity contribution >= 4 is 17.3 Å². The van der Waals surface area contributed by atoms with Crippen LogP contribution in [0.4, 0.5) is 11.6 Å². The van der Waals surface area contributed by atoms with Crippen molar-refractivity contribution in [3.05, 3.63) is 18.6 Å². The molecule has 1 aliphatic rings. The van der Waals surface area contributed by atoms with Gasteiger partial charge in [0, 0.05) is 31.6 Å². The highest BCUT2D eigenvalue weighted by molar-refractivity contribution is 5.67. The lowest BCUT2D eigenvalue weighted by atomic mass is 10.00. The van der Waals surface area contributed by atoms with Crippen molar-refractivity contribution in [2.75, 3.05) is 23.8 Å². The smallest absolute Gasteiger partial charge is 0.180 e. The summed E-state index contributed by atoms with van der Waals surface area (Å²) in [7, 11) is 0. The van der Waals surface area contributed by atoms with E-state index in [1.807, 2.05) is 10.6 Å². The SMILES string of the molecule is Nc1cn2ccnc2c(N2CCCCC2CCO)n1. The van der Waals surface area contributed by atoms with Crippen molar-refractivity contribution in [3.8, 4) is 0 Å². The van der Waals surface area contributed by atoms with Crippen LogP contribution in [-0.2, 0) is 0 Å². The number of hydrogen-bond acceptors (Lipinski definition) is 5. The van der Waals surface area contributed by atoms with E-state index in [4.69, 9.17) is 5.73 Å². The number of fused-ring (bicyclic) bond motifs is 1. The van der Waals surface area contributed by atoms with Crippen LogP contribution in [0.25, 0.3) is 5.65 Å². The molecule has 6 nitrogen and oxygen atoms in total. The Balaban J connectivity index is 2.03. The lowest BCUT2D eigenvalue weighted by Gasteiger charge is -2.36. The maximum Gasteiger partial charge on any atom is 0.180 e. The van der Waals surface area contributed by atoms with Gasteiger partial charge >= 0.3 is 0 Å². The second-order valence-corrected chi connectivity index (χ2v) is 5.00. The van der Waals surface area contributed by atoms with Crippen LogP contribution < -0.4 is 10.6 Å². The summed E-state index contributed by atoms with van der Waals surface area (Å²) in [6.07, 6.45) is 9.61. The summed E-state index contributed by atoms with van der Waals surface area (Å²) in [5.74, 6) is 1.33. The Morgan fingerprint density at radius 1 is 1.42 bits per heavy atom. The van der Waals surface area contributed by atoms with Crippen molar-refractivity contribution in [1.29, 1.82) is 0 Å². The van der Waals surface area contributed by atoms with Gasteiger partial charge in [0.25, 0.3) is 0 Å². The molecule has 0 saturated carbocycles. The highest BCUT2D eigenvalue weighted by Gasteiger charge is 2.25. The predicted octanol–water partition coefficient (Wildman–Crippen LogP) is 1.05. The number of aromatic nitrogens is 3. The molecule has 1 atom stereocenters. The molecule has 1 saturated heterocycles. The summed E-state index contributed by atoms with van der Waals surface area (Å²) in [6.45, 7) is 1.15. The lowest BCUT2D eigenvalue weighted by Crippen LogP contribution is -2.41. The number of rotatable bonds is 3. The second kappa shape index (κ2) is 5.05. The first-order valence-corrected chi connectivity index (χ1v) is 6.76. The van der Waals surface area contributed by atoms with Crippen LogP contribution in [0, 0.1) is 0 Å². The lowest BCUT2D eigenvalue weighted by molar-refractivity contribution is 0.262. The molecular weight excluding hydrogens is 242 g/mol. The van der Waals surface area contributed by atoms with E-state index in [1.165, 1.54) is 6.42 Å². The molecule has 0 radical (unpaired) electrons. The fourth-order valence-electron chi connectivity index (χ4n) is 2.86. The van der Waals surface area contributed by atoms with Crippen LogP contribution in [0.15, 0.2) is 18.6 Å². The summed E-state index contributed by atoms with van der Waals surface area (Å²) in [5, 5.41) is 9.22. The number of imidazole rings is 1. The first-order chi connectivity index (χ1) is 9.29. The molecule has 0 amide bonds. The maximum atomic E-state index is 9.22. The average molecular weight is 261 g/mol. The van der Waals surface area contributed by atoms with Gasteiger partial charge < -0.3 is 20.1 Å². The van der Waals surface area contributed by atoms with Gasteiger partial charge in [0.05, 0.1) is 6.20 Å². The molecule has 3 rings (SSSR count). The molecule has 0 spiro atoms. The molecule has 0 aromatic carbocycles. The zero-order valence-electron chi connectivity index (χ0n) is 10.9. The van der Waals surface area contributed by atoms with Gasteiger partial charge in [0.15, 0.2) is 11.5 Å². The molecule has 0 aliphatic carbocycles. The molecule has 2 aromatic rings. The van der Waals surface area contributed by atoms with Gasteiger partial charge in [0.1, 0.15) is 5.82 Å². The minimum absolute atomic E-state index is 0.203. The number of piperidine rings is 1. The van der Waals surface area contributed by atoms with Crippen LogP contribution in [0.3, 0.4) is 0 Å². The Labute approximate surface area is 111 Å². The molecule has 6 heteroatoms. The third-order valence-electron chi connectivity index (χ3n) is 3.74. The van der Waals surface area contributed by atoms with E-state index in [2.05, 4.69) is 14.9 Å². The Bertz CT molecular complexity index is 565. The predicted molar refractivity (Wildman–Crippen MR) is 74.1 cm³/mol. The van der Waals surface area contributed by atoms with Gasteiger partial charge in [0.2, 0.25) is 0 Å². The van der Waals surface area contributed by atoms with Crippen LogP contribution >= 0.6 is 0 Å². The number of anilines is 2. The van der Waals surface area contributed by atoms with E-state index >= 15 is 0 Å². The molecule has 3 N–H and O–H groups in total. The molecule has 0 bridgehead atoms. The highest BCUT2D eigenvalue weighted by Crippen LogP contribution is 2.28. The third kappa shape index (κ3) is 2.23. The van der Waals surface area contributed by atoms with Gasteiger partial charge in [-0.2, -0.15) is 0 Å². The van der Waals surface area contributed by atoms with Crippen molar-refractivity contribution in [2.45, 2.75) is 31.7 Å². The fraction of sp³-hybridized carbons (Fsp3) is 0.538. The average Bonchev–Trinajstić information content (AvgIpc) is 2.87. The zero-order valence-corrected chi connectivity index (χ0v) is 10.9. The van der Waals surface area contributed by atoms with E-state index in [-0.39, 0.29) is 6.61 Å². The molecule has 2 aromatic heterocycles. The Kier molecular flexibility index (Phi) is 3.25. The van der Waals surface area contributed by atoms with E-state index in [1.54, 1.807) is 12.4 Å².